The summed E-state index contributed by atoms with van der Waals surface area (Å²) >= 11 is 0. The molecule has 0 saturated heterocycles. The van der Waals surface area contributed by atoms with E-state index >= 15 is 0 Å². The normalized spacial score (nSPS) is 31.5. The average molecular weight is 583 g/mol. The number of amides is 1. The van der Waals surface area contributed by atoms with E-state index in [9.17, 15) is 34.2 Å². The Morgan fingerprint density at radius 3 is 2.33 bits per heavy atom. The van der Waals surface area contributed by atoms with Gasteiger partial charge < -0.3 is 26.2 Å². The lowest BCUT2D eigenvalue weighted by Gasteiger charge is -2.52. The van der Waals surface area contributed by atoms with Crippen molar-refractivity contribution in [1.82, 2.24) is 10.2 Å². The summed E-state index contributed by atoms with van der Waals surface area (Å²) in [5.74, 6) is -9.72. The maximum absolute atomic E-state index is 14.1. The minimum Gasteiger partial charge on any atom is -0.507 e. The van der Waals surface area contributed by atoms with Crippen molar-refractivity contribution in [3.8, 4) is 5.75 Å². The predicted octanol–water partition coefficient (Wildman–Crippen LogP) is 0.603. The number of nitrogens with one attached hydrogen (secondary N) is 1. The van der Waals surface area contributed by atoms with Gasteiger partial charge in [-0.05, 0) is 69.8 Å². The molecule has 1 aromatic carbocycles. The standard InChI is InChI=1S/C31H42N4O7/c1-34(2)20-12-17(14-33-13-15-8-6-5-7-9-15)25(36)22-18(20)10-16-11-19-24(35(3)4)27(38)23(30(32)41)29(40)31(19,42)28(39)21(16)26(22)37/h12,15-16,19,21,23-24,33,36,42H,5-11,13-14H2,1-4H3,(H2,32,41)/t16-,19-,21?,23?,24-,31-/m0/s1. The number of ketones is 4. The number of carbonyl (C=O) groups is 5. The van der Waals surface area contributed by atoms with Gasteiger partial charge in [-0.3, -0.25) is 28.9 Å². The van der Waals surface area contributed by atoms with Crippen LogP contribution in [0.5, 0.6) is 5.75 Å². The number of nitrogens with zero attached hydrogens (tertiary/aromatic N) is 2. The Bertz CT molecular complexity index is 1330. The van der Waals surface area contributed by atoms with Gasteiger partial charge in [-0.1, -0.05) is 19.3 Å². The zero-order chi connectivity index (χ0) is 30.7. The minimum atomic E-state index is -2.73. The summed E-state index contributed by atoms with van der Waals surface area (Å²) in [6.07, 6.45) is 6.28. The topological polar surface area (TPSA) is 170 Å². The maximum atomic E-state index is 14.1. The minimum absolute atomic E-state index is 0.0299. The Morgan fingerprint density at radius 1 is 1.07 bits per heavy atom. The summed E-state index contributed by atoms with van der Waals surface area (Å²) in [7, 11) is 6.83. The van der Waals surface area contributed by atoms with Crippen molar-refractivity contribution in [3.63, 3.8) is 0 Å². The summed E-state index contributed by atoms with van der Waals surface area (Å²) in [5.41, 5.74) is 4.57. The number of hydrogen-bond acceptors (Lipinski definition) is 10. The number of aromatic hydroxyl groups is 1. The molecule has 6 atom stereocenters. The second kappa shape index (κ2) is 11.2. The van der Waals surface area contributed by atoms with Crippen LogP contribution in [0.1, 0.15) is 60.0 Å². The number of benzene rings is 1. The van der Waals surface area contributed by atoms with Crippen LogP contribution in [0.25, 0.3) is 0 Å². The van der Waals surface area contributed by atoms with Crippen molar-refractivity contribution >= 4 is 34.7 Å². The number of carbonyl (C=O) groups excluding carboxylic acids is 5. The number of Topliss-reactive ketones (excluding diaryl/α,β-unsaturated/α-hetero) is 4. The van der Waals surface area contributed by atoms with E-state index in [1.165, 1.54) is 24.2 Å². The molecule has 0 aliphatic heterocycles. The van der Waals surface area contributed by atoms with Crippen LogP contribution in [0.15, 0.2) is 6.07 Å². The van der Waals surface area contributed by atoms with Crippen LogP contribution in [0, 0.1) is 29.6 Å². The molecule has 0 heterocycles. The molecule has 5 rings (SSSR count). The first-order valence-corrected chi connectivity index (χ1v) is 14.9. The van der Waals surface area contributed by atoms with Crippen LogP contribution in [0.4, 0.5) is 5.69 Å². The van der Waals surface area contributed by atoms with Crippen LogP contribution < -0.4 is 16.0 Å². The van der Waals surface area contributed by atoms with E-state index in [0.717, 1.165) is 25.1 Å². The molecule has 0 aromatic heterocycles. The summed E-state index contributed by atoms with van der Waals surface area (Å²) in [6, 6.07) is 0.746. The fourth-order valence-electron chi connectivity index (χ4n) is 8.04. The fourth-order valence-corrected chi connectivity index (χ4v) is 8.04. The lowest BCUT2D eigenvalue weighted by Crippen LogP contribution is -2.74. The first-order chi connectivity index (χ1) is 19.8. The molecule has 1 aromatic rings. The number of rotatable bonds is 7. The first-order valence-electron chi connectivity index (χ1n) is 14.9. The maximum Gasteiger partial charge on any atom is 0.235 e. The Morgan fingerprint density at radius 2 is 1.74 bits per heavy atom. The van der Waals surface area contributed by atoms with E-state index < -0.39 is 64.4 Å². The van der Waals surface area contributed by atoms with Crippen LogP contribution in [-0.2, 0) is 32.1 Å². The smallest absolute Gasteiger partial charge is 0.235 e. The number of aliphatic hydroxyl groups is 1. The van der Waals surface area contributed by atoms with Gasteiger partial charge in [0.05, 0.1) is 17.5 Å². The van der Waals surface area contributed by atoms with Gasteiger partial charge in [-0.2, -0.15) is 0 Å². The van der Waals surface area contributed by atoms with Crippen molar-refractivity contribution in [2.45, 2.75) is 63.1 Å². The zero-order valence-corrected chi connectivity index (χ0v) is 24.8. The number of anilines is 1. The van der Waals surface area contributed by atoms with Crippen LogP contribution >= 0.6 is 0 Å². The van der Waals surface area contributed by atoms with Gasteiger partial charge in [-0.15, -0.1) is 0 Å². The van der Waals surface area contributed by atoms with Gasteiger partial charge in [-0.25, -0.2) is 0 Å². The Kier molecular flexibility index (Phi) is 8.06. The SMILES string of the molecule is CN(C)c1cc(CNCC2CCCCC2)c(O)c2c1C[C@H]1C[C@H]3[C@H](N(C)C)C(=O)C(C(N)=O)C(=O)[C@@]3(O)C(=O)C1C2=O. The van der Waals surface area contributed by atoms with E-state index in [4.69, 9.17) is 5.73 Å². The Labute approximate surface area is 245 Å². The van der Waals surface area contributed by atoms with Crippen molar-refractivity contribution in [2.24, 2.45) is 35.3 Å². The van der Waals surface area contributed by atoms with Gasteiger partial charge in [0.1, 0.15) is 5.75 Å². The molecule has 11 nitrogen and oxygen atoms in total. The van der Waals surface area contributed by atoms with Crippen molar-refractivity contribution < 1.29 is 34.2 Å². The molecule has 1 amide bonds. The van der Waals surface area contributed by atoms with Crippen molar-refractivity contribution in [1.29, 1.82) is 0 Å². The van der Waals surface area contributed by atoms with Crippen LogP contribution in [0.2, 0.25) is 0 Å². The van der Waals surface area contributed by atoms with E-state index in [0.29, 0.717) is 23.6 Å². The van der Waals surface area contributed by atoms with Gasteiger partial charge >= 0.3 is 0 Å². The number of phenols is 1. The highest BCUT2D eigenvalue weighted by atomic mass is 16.3. The molecule has 228 valence electrons. The molecular weight excluding hydrogens is 540 g/mol. The molecule has 42 heavy (non-hydrogen) atoms. The van der Waals surface area contributed by atoms with Crippen LogP contribution in [-0.4, -0.2) is 90.5 Å². The van der Waals surface area contributed by atoms with Gasteiger partial charge in [0.2, 0.25) is 5.91 Å². The lowest BCUT2D eigenvalue weighted by molar-refractivity contribution is -0.181. The summed E-state index contributed by atoms with van der Waals surface area (Å²) in [5, 5.41) is 26.6. The zero-order valence-electron chi connectivity index (χ0n) is 24.8. The molecule has 0 spiro atoms. The third-order valence-electron chi connectivity index (χ3n) is 10.1. The molecule has 4 aliphatic rings. The Hall–Kier alpha value is -3.15. The quantitative estimate of drug-likeness (QED) is 0.334. The number of primary amides is 1. The second-order valence-electron chi connectivity index (χ2n) is 13.1. The van der Waals surface area contributed by atoms with E-state index in [-0.39, 0.29) is 24.2 Å². The molecule has 2 unspecified atom stereocenters. The molecule has 3 fully saturated rings. The molecule has 0 radical (unpaired) electrons. The molecule has 11 heteroatoms. The van der Waals surface area contributed by atoms with E-state index in [1.807, 2.05) is 25.1 Å². The number of hydrogen-bond donors (Lipinski definition) is 4. The second-order valence-corrected chi connectivity index (χ2v) is 13.1. The summed E-state index contributed by atoms with van der Waals surface area (Å²) in [4.78, 5) is 70.5. The largest absolute Gasteiger partial charge is 0.507 e. The highest BCUT2D eigenvalue weighted by Crippen LogP contribution is 2.52. The van der Waals surface area contributed by atoms with Gasteiger partial charge in [0.25, 0.3) is 0 Å². The number of likely N-dealkylation sites (N-methyl/N-ethyl adjacent to an activating group) is 1. The van der Waals surface area contributed by atoms with E-state index in [1.54, 1.807) is 14.1 Å². The van der Waals surface area contributed by atoms with Gasteiger partial charge in [0.15, 0.2) is 34.7 Å². The van der Waals surface area contributed by atoms with Crippen molar-refractivity contribution in [3.05, 3.63) is 22.8 Å². The van der Waals surface area contributed by atoms with Gasteiger partial charge in [0, 0.05) is 37.8 Å². The highest BCUT2D eigenvalue weighted by Gasteiger charge is 2.69. The first kappa shape index (κ1) is 30.3. The molecule has 3 saturated carbocycles. The number of fused-ring (bicyclic) bond motifs is 3. The molecule has 0 bridgehead atoms. The predicted molar refractivity (Wildman–Crippen MR) is 154 cm³/mol. The highest BCUT2D eigenvalue weighted by molar-refractivity contribution is 6.32. The lowest BCUT2D eigenvalue weighted by atomic mass is 9.52. The Balaban J connectivity index is 1.53. The monoisotopic (exact) mass is 582 g/mol. The number of phenolic OH excluding ortho intramolecular Hbond substituents is 1. The molecule has 4 aliphatic carbocycles. The van der Waals surface area contributed by atoms with E-state index in [2.05, 4.69) is 5.32 Å². The molecule has 5 N–H and O–H groups in total. The van der Waals surface area contributed by atoms with Crippen molar-refractivity contribution in [2.75, 3.05) is 39.6 Å². The van der Waals surface area contributed by atoms with Crippen LogP contribution in [0.3, 0.4) is 0 Å². The third kappa shape index (κ3) is 4.66. The summed E-state index contributed by atoms with van der Waals surface area (Å²) < 4.78 is 0. The average Bonchev–Trinajstić information content (AvgIpc) is 2.92. The summed E-state index contributed by atoms with van der Waals surface area (Å²) in [6.45, 7) is 1.14. The fraction of sp³-hybridized carbons (Fsp3) is 0.645. The molecular formula is C31H42N4O7. The number of nitrogens with two attached hydrogens (primary N) is 1. The third-order valence-corrected chi connectivity index (χ3v) is 10.1.